The third-order valence-corrected chi connectivity index (χ3v) is 4.21. The number of aromatic carboxylic acids is 1. The van der Waals surface area contributed by atoms with Crippen LogP contribution in [0, 0.1) is 10.1 Å². The maximum absolute atomic E-state index is 11.4. The number of nitrogens with one attached hydrogen (secondary N) is 1. The number of anilines is 2. The molecule has 0 aliphatic rings. The number of rotatable bonds is 5. The zero-order valence-electron chi connectivity index (χ0n) is 15.5. The van der Waals surface area contributed by atoms with Gasteiger partial charge in [0.15, 0.2) is 5.52 Å². The topological polar surface area (TPSA) is 166 Å². The van der Waals surface area contributed by atoms with Crippen LogP contribution in [0.15, 0.2) is 65.3 Å². The van der Waals surface area contributed by atoms with E-state index in [-0.39, 0.29) is 28.4 Å². The van der Waals surface area contributed by atoms with Crippen molar-refractivity contribution < 1.29 is 29.0 Å². The summed E-state index contributed by atoms with van der Waals surface area (Å²) in [6.07, 6.45) is 0.250. The van der Waals surface area contributed by atoms with Gasteiger partial charge in [0.1, 0.15) is 0 Å². The van der Waals surface area contributed by atoms with Crippen molar-refractivity contribution >= 4 is 40.2 Å². The molecule has 11 nitrogen and oxygen atoms in total. The van der Waals surface area contributed by atoms with Crippen molar-refractivity contribution in [2.75, 3.05) is 5.32 Å². The maximum Gasteiger partial charge on any atom is 0.373 e. The smallest absolute Gasteiger partial charge is 0.373 e. The Kier molecular flexibility index (Phi) is 6.10. The highest BCUT2D eigenvalue weighted by atomic mass is 16.6. The molecule has 0 spiro atoms. The molecule has 3 aromatic carbocycles. The quantitative estimate of drug-likeness (QED) is 0.359. The Morgan fingerprint density at radius 2 is 1.65 bits per heavy atom. The molecule has 0 fully saturated rings. The number of hydrogen-bond donors (Lipinski definition) is 2. The molecule has 0 bridgehead atoms. The van der Waals surface area contributed by atoms with Crippen LogP contribution in [0.5, 0.6) is 0 Å². The lowest BCUT2D eigenvalue weighted by Gasteiger charge is -2.13. The summed E-state index contributed by atoms with van der Waals surface area (Å²) in [7, 11) is 0. The van der Waals surface area contributed by atoms with E-state index in [0.717, 1.165) is 5.56 Å². The first-order valence-electron chi connectivity index (χ1n) is 8.55. The standard InChI is InChI=1S/C19H12N4O5.CO2/c24-19(25)12-6-7-14(13(10-12)11-4-2-1-3-5-11)20-15-8-9-16(23(26)27)18-17(15)21-28-22-18;2-1-3/h1-10,20H,(H,24,25);. The average Bonchev–Trinajstić information content (AvgIpc) is 3.25. The predicted octanol–water partition coefficient (Wildman–Crippen LogP) is 3.66. The average molecular weight is 420 g/mol. The van der Waals surface area contributed by atoms with Crippen LogP contribution in [-0.2, 0) is 9.59 Å². The van der Waals surface area contributed by atoms with Gasteiger partial charge in [0.2, 0.25) is 5.52 Å². The molecule has 31 heavy (non-hydrogen) atoms. The highest BCUT2D eigenvalue weighted by Gasteiger charge is 2.20. The van der Waals surface area contributed by atoms with Gasteiger partial charge in [-0.2, -0.15) is 9.59 Å². The van der Waals surface area contributed by atoms with E-state index in [0.29, 0.717) is 16.9 Å². The molecule has 154 valence electrons. The van der Waals surface area contributed by atoms with Gasteiger partial charge in [-0.05, 0) is 40.1 Å². The van der Waals surface area contributed by atoms with Gasteiger partial charge >= 0.3 is 17.8 Å². The number of carbonyl (C=O) groups is 1. The van der Waals surface area contributed by atoms with Crippen molar-refractivity contribution in [3.05, 3.63) is 76.3 Å². The molecule has 0 aliphatic heterocycles. The molecule has 0 saturated carbocycles. The number of nitro benzene ring substituents is 1. The first-order valence-corrected chi connectivity index (χ1v) is 8.55. The predicted molar refractivity (Wildman–Crippen MR) is 106 cm³/mol. The van der Waals surface area contributed by atoms with Gasteiger partial charge in [0, 0.05) is 17.3 Å². The van der Waals surface area contributed by atoms with E-state index < -0.39 is 10.9 Å². The fourth-order valence-electron chi connectivity index (χ4n) is 2.89. The number of fused-ring (bicyclic) bond motifs is 1. The number of hydrogen-bond acceptors (Lipinski definition) is 9. The second-order valence-electron chi connectivity index (χ2n) is 5.99. The SMILES string of the molecule is O=C(O)c1ccc(Nc2ccc([N+](=O)[O-])c3nonc23)c(-c2ccccc2)c1.O=C=O. The van der Waals surface area contributed by atoms with Crippen LogP contribution < -0.4 is 5.32 Å². The molecule has 0 amide bonds. The lowest BCUT2D eigenvalue weighted by atomic mass is 10.0. The van der Waals surface area contributed by atoms with Crippen LogP contribution >= 0.6 is 0 Å². The molecular weight excluding hydrogens is 408 g/mol. The van der Waals surface area contributed by atoms with Gasteiger partial charge in [0.05, 0.1) is 16.2 Å². The Bertz CT molecular complexity index is 1300. The fraction of sp³-hybridized carbons (Fsp3) is 0. The molecule has 0 aliphatic carbocycles. The van der Waals surface area contributed by atoms with Crippen molar-refractivity contribution in [3.8, 4) is 11.1 Å². The van der Waals surface area contributed by atoms with Crippen molar-refractivity contribution in [2.24, 2.45) is 0 Å². The molecule has 4 rings (SSSR count). The minimum Gasteiger partial charge on any atom is -0.478 e. The Hall–Kier alpha value is -4.89. The molecule has 4 aromatic rings. The lowest BCUT2D eigenvalue weighted by molar-refractivity contribution is -0.383. The van der Waals surface area contributed by atoms with E-state index in [9.17, 15) is 20.0 Å². The Labute approximate surface area is 173 Å². The van der Waals surface area contributed by atoms with Crippen LogP contribution in [-0.4, -0.2) is 32.5 Å². The molecule has 0 radical (unpaired) electrons. The first-order chi connectivity index (χ1) is 15.0. The number of nitrogens with zero attached hydrogens (tertiary/aromatic N) is 3. The summed E-state index contributed by atoms with van der Waals surface area (Å²) in [5, 5.41) is 31.0. The van der Waals surface area contributed by atoms with Gasteiger partial charge < -0.3 is 10.4 Å². The van der Waals surface area contributed by atoms with Crippen molar-refractivity contribution in [2.45, 2.75) is 0 Å². The summed E-state index contributed by atoms with van der Waals surface area (Å²) < 4.78 is 4.68. The van der Waals surface area contributed by atoms with Crippen molar-refractivity contribution in [3.63, 3.8) is 0 Å². The zero-order chi connectivity index (χ0) is 22.4. The van der Waals surface area contributed by atoms with Gasteiger partial charge in [-0.15, -0.1) is 0 Å². The second-order valence-corrected chi connectivity index (χ2v) is 5.99. The number of benzene rings is 3. The van der Waals surface area contributed by atoms with E-state index in [1.54, 1.807) is 12.1 Å². The molecule has 11 heteroatoms. The summed E-state index contributed by atoms with van der Waals surface area (Å²) >= 11 is 0. The van der Waals surface area contributed by atoms with Crippen molar-refractivity contribution in [1.82, 2.24) is 10.3 Å². The van der Waals surface area contributed by atoms with Crippen LogP contribution in [0.2, 0.25) is 0 Å². The van der Waals surface area contributed by atoms with E-state index in [1.807, 2.05) is 30.3 Å². The number of carboxylic acids is 1. The summed E-state index contributed by atoms with van der Waals surface area (Å²) in [5.74, 6) is -1.04. The number of aromatic nitrogens is 2. The first kappa shape index (κ1) is 20.8. The highest BCUT2D eigenvalue weighted by molar-refractivity contribution is 5.97. The summed E-state index contributed by atoms with van der Waals surface area (Å²) in [4.78, 5) is 38.2. The number of carbonyl (C=O) groups excluding carboxylic acids is 2. The van der Waals surface area contributed by atoms with Crippen LogP contribution in [0.4, 0.5) is 17.1 Å². The second kappa shape index (κ2) is 9.07. The molecule has 1 aromatic heterocycles. The summed E-state index contributed by atoms with van der Waals surface area (Å²) in [6, 6.07) is 16.7. The van der Waals surface area contributed by atoms with E-state index in [4.69, 9.17) is 9.59 Å². The Morgan fingerprint density at radius 1 is 1.00 bits per heavy atom. The van der Waals surface area contributed by atoms with Crippen LogP contribution in [0.1, 0.15) is 10.4 Å². The van der Waals surface area contributed by atoms with Crippen molar-refractivity contribution in [1.29, 1.82) is 0 Å². The molecule has 0 saturated heterocycles. The lowest BCUT2D eigenvalue weighted by Crippen LogP contribution is -2.00. The number of nitro groups is 1. The van der Waals surface area contributed by atoms with Gasteiger partial charge in [-0.3, -0.25) is 10.1 Å². The molecule has 2 N–H and O–H groups in total. The Morgan fingerprint density at radius 3 is 2.29 bits per heavy atom. The van der Waals surface area contributed by atoms with Gasteiger partial charge in [0.25, 0.3) is 0 Å². The number of non-ortho nitro benzene ring substituents is 1. The molecule has 1 heterocycles. The molecular formula is C20H12N4O7. The highest BCUT2D eigenvalue weighted by Crippen LogP contribution is 2.35. The normalized spacial score (nSPS) is 9.94. The van der Waals surface area contributed by atoms with E-state index in [2.05, 4.69) is 20.3 Å². The number of carboxylic acid groups (broad SMARTS) is 1. The monoisotopic (exact) mass is 420 g/mol. The van der Waals surface area contributed by atoms with Gasteiger partial charge in [-0.25, -0.2) is 9.42 Å². The minimum absolute atomic E-state index is 0.0263. The Balaban J connectivity index is 0.000000858. The van der Waals surface area contributed by atoms with E-state index >= 15 is 0 Å². The van der Waals surface area contributed by atoms with Crippen LogP contribution in [0.25, 0.3) is 22.2 Å². The maximum atomic E-state index is 11.4. The molecule has 0 atom stereocenters. The minimum atomic E-state index is -1.04. The summed E-state index contributed by atoms with van der Waals surface area (Å²) in [5.41, 5.74) is 2.67. The summed E-state index contributed by atoms with van der Waals surface area (Å²) in [6.45, 7) is 0. The van der Waals surface area contributed by atoms with Crippen LogP contribution in [0.3, 0.4) is 0 Å². The fourth-order valence-corrected chi connectivity index (χ4v) is 2.89. The van der Waals surface area contributed by atoms with Gasteiger partial charge in [-0.1, -0.05) is 30.3 Å². The third kappa shape index (κ3) is 4.42. The molecule has 0 unspecified atom stereocenters. The third-order valence-electron chi connectivity index (χ3n) is 4.21. The largest absolute Gasteiger partial charge is 0.478 e. The van der Waals surface area contributed by atoms with E-state index in [1.165, 1.54) is 18.2 Å². The zero-order valence-corrected chi connectivity index (χ0v) is 15.5.